The third kappa shape index (κ3) is 4.98. The zero-order chi connectivity index (χ0) is 10.9. The van der Waals surface area contributed by atoms with Crippen molar-refractivity contribution in [2.45, 2.75) is 58.4 Å². The smallest absolute Gasteiger partial charge is 0.0221 e. The maximum Gasteiger partial charge on any atom is 0.0221 e. The van der Waals surface area contributed by atoms with Crippen molar-refractivity contribution in [2.75, 3.05) is 26.2 Å². The van der Waals surface area contributed by atoms with Gasteiger partial charge in [-0.1, -0.05) is 39.5 Å². The molecular weight excluding hydrogens is 184 g/mol. The fourth-order valence-electron chi connectivity index (χ4n) is 2.46. The van der Waals surface area contributed by atoms with Gasteiger partial charge in [-0.05, 0) is 19.4 Å². The van der Waals surface area contributed by atoms with Crippen molar-refractivity contribution < 1.29 is 0 Å². The fourth-order valence-corrected chi connectivity index (χ4v) is 2.46. The van der Waals surface area contributed by atoms with E-state index in [1.54, 1.807) is 0 Å². The lowest BCUT2D eigenvalue weighted by atomic mass is 10.1. The topological polar surface area (TPSA) is 15.3 Å². The Morgan fingerprint density at radius 2 is 2.00 bits per heavy atom. The van der Waals surface area contributed by atoms with Crippen LogP contribution in [0, 0.1) is 0 Å². The van der Waals surface area contributed by atoms with Gasteiger partial charge in [0.1, 0.15) is 0 Å². The van der Waals surface area contributed by atoms with Gasteiger partial charge in [0.2, 0.25) is 0 Å². The molecule has 1 unspecified atom stereocenters. The number of nitrogens with one attached hydrogen (secondary N) is 1. The Balaban J connectivity index is 2.17. The van der Waals surface area contributed by atoms with Gasteiger partial charge in [0.05, 0.1) is 0 Å². The van der Waals surface area contributed by atoms with E-state index >= 15 is 0 Å². The molecule has 1 atom stereocenters. The molecule has 0 aromatic heterocycles. The van der Waals surface area contributed by atoms with E-state index in [-0.39, 0.29) is 0 Å². The third-order valence-corrected chi connectivity index (χ3v) is 3.39. The number of nitrogens with zero attached hydrogens (tertiary/aromatic N) is 1. The van der Waals surface area contributed by atoms with Gasteiger partial charge in [-0.3, -0.25) is 4.90 Å². The standard InChI is InChI=1S/C13H28N2/c1-3-5-6-7-10-15-11-9-14-12-13(15)8-4-2/h13-14H,3-12H2,1-2H3. The summed E-state index contributed by atoms with van der Waals surface area (Å²) < 4.78 is 0. The molecule has 0 amide bonds. The van der Waals surface area contributed by atoms with Crippen LogP contribution >= 0.6 is 0 Å². The van der Waals surface area contributed by atoms with Crippen LogP contribution in [0.25, 0.3) is 0 Å². The fraction of sp³-hybridized carbons (Fsp3) is 1.00. The van der Waals surface area contributed by atoms with Crippen LogP contribution < -0.4 is 5.32 Å². The molecule has 1 N–H and O–H groups in total. The Kier molecular flexibility index (Phi) is 7.03. The van der Waals surface area contributed by atoms with Crippen LogP contribution in [-0.4, -0.2) is 37.1 Å². The first kappa shape index (κ1) is 13.0. The minimum absolute atomic E-state index is 0.811. The summed E-state index contributed by atoms with van der Waals surface area (Å²) in [6, 6.07) is 0.811. The highest BCUT2D eigenvalue weighted by molar-refractivity contribution is 4.79. The zero-order valence-electron chi connectivity index (χ0n) is 10.6. The minimum Gasteiger partial charge on any atom is -0.314 e. The molecule has 0 bridgehead atoms. The maximum absolute atomic E-state index is 3.51. The van der Waals surface area contributed by atoms with E-state index in [0.717, 1.165) is 6.04 Å². The minimum atomic E-state index is 0.811. The highest BCUT2D eigenvalue weighted by Gasteiger charge is 2.20. The van der Waals surface area contributed by atoms with E-state index < -0.39 is 0 Å². The van der Waals surface area contributed by atoms with E-state index in [4.69, 9.17) is 0 Å². The van der Waals surface area contributed by atoms with Crippen molar-refractivity contribution in [1.29, 1.82) is 0 Å². The molecule has 0 aromatic rings. The molecule has 15 heavy (non-hydrogen) atoms. The van der Waals surface area contributed by atoms with Crippen molar-refractivity contribution in [1.82, 2.24) is 10.2 Å². The Morgan fingerprint density at radius 3 is 2.73 bits per heavy atom. The molecule has 0 aliphatic carbocycles. The second-order valence-electron chi connectivity index (χ2n) is 4.74. The second-order valence-corrected chi connectivity index (χ2v) is 4.74. The van der Waals surface area contributed by atoms with Crippen LogP contribution in [0.3, 0.4) is 0 Å². The van der Waals surface area contributed by atoms with Crippen molar-refractivity contribution >= 4 is 0 Å². The molecule has 0 aromatic carbocycles. The Labute approximate surface area is 95.4 Å². The Morgan fingerprint density at radius 1 is 1.13 bits per heavy atom. The Hall–Kier alpha value is -0.0800. The molecule has 1 saturated heterocycles. The van der Waals surface area contributed by atoms with Gasteiger partial charge >= 0.3 is 0 Å². The second kappa shape index (κ2) is 8.12. The normalized spacial score (nSPS) is 23.2. The van der Waals surface area contributed by atoms with Gasteiger partial charge in [0.15, 0.2) is 0 Å². The number of hydrogen-bond acceptors (Lipinski definition) is 2. The van der Waals surface area contributed by atoms with Crippen LogP contribution in [0.5, 0.6) is 0 Å². The molecule has 1 aliphatic rings. The molecule has 1 rings (SSSR count). The van der Waals surface area contributed by atoms with E-state index in [1.165, 1.54) is 64.7 Å². The van der Waals surface area contributed by atoms with Gasteiger partial charge in [0.25, 0.3) is 0 Å². The first-order valence-corrected chi connectivity index (χ1v) is 6.83. The van der Waals surface area contributed by atoms with Crippen LogP contribution in [0.2, 0.25) is 0 Å². The highest BCUT2D eigenvalue weighted by atomic mass is 15.2. The number of hydrogen-bond donors (Lipinski definition) is 1. The first-order valence-electron chi connectivity index (χ1n) is 6.83. The summed E-state index contributed by atoms with van der Waals surface area (Å²) in [6.45, 7) is 9.56. The predicted molar refractivity (Wildman–Crippen MR) is 67.3 cm³/mol. The average molecular weight is 212 g/mol. The lowest BCUT2D eigenvalue weighted by Crippen LogP contribution is -2.51. The molecule has 0 saturated carbocycles. The number of rotatable bonds is 7. The quantitative estimate of drug-likeness (QED) is 0.653. The van der Waals surface area contributed by atoms with Crippen LogP contribution in [0.1, 0.15) is 52.4 Å². The Bertz CT molecular complexity index is 145. The van der Waals surface area contributed by atoms with Crippen molar-refractivity contribution in [3.05, 3.63) is 0 Å². The SMILES string of the molecule is CCCCCCN1CCNCC1CCC. The molecule has 2 nitrogen and oxygen atoms in total. The molecular formula is C13H28N2. The summed E-state index contributed by atoms with van der Waals surface area (Å²) in [5.74, 6) is 0. The van der Waals surface area contributed by atoms with Gasteiger partial charge in [-0.15, -0.1) is 0 Å². The van der Waals surface area contributed by atoms with Crippen molar-refractivity contribution in [3.63, 3.8) is 0 Å². The average Bonchev–Trinajstić information content (AvgIpc) is 2.27. The van der Waals surface area contributed by atoms with Gasteiger partial charge in [0, 0.05) is 25.7 Å². The number of piperazine rings is 1. The van der Waals surface area contributed by atoms with Crippen molar-refractivity contribution in [3.8, 4) is 0 Å². The van der Waals surface area contributed by atoms with Gasteiger partial charge < -0.3 is 5.32 Å². The maximum atomic E-state index is 3.51. The summed E-state index contributed by atoms with van der Waals surface area (Å²) in [5, 5.41) is 3.51. The summed E-state index contributed by atoms with van der Waals surface area (Å²) in [5.41, 5.74) is 0. The lowest BCUT2D eigenvalue weighted by molar-refractivity contribution is 0.149. The summed E-state index contributed by atoms with van der Waals surface area (Å²) in [7, 11) is 0. The van der Waals surface area contributed by atoms with Crippen LogP contribution in [0.15, 0.2) is 0 Å². The van der Waals surface area contributed by atoms with E-state index in [2.05, 4.69) is 24.1 Å². The summed E-state index contributed by atoms with van der Waals surface area (Å²) in [4.78, 5) is 2.70. The third-order valence-electron chi connectivity index (χ3n) is 3.39. The zero-order valence-corrected chi connectivity index (χ0v) is 10.6. The van der Waals surface area contributed by atoms with E-state index in [9.17, 15) is 0 Å². The molecule has 0 radical (unpaired) electrons. The highest BCUT2D eigenvalue weighted by Crippen LogP contribution is 2.11. The summed E-state index contributed by atoms with van der Waals surface area (Å²) >= 11 is 0. The molecule has 0 spiro atoms. The first-order chi connectivity index (χ1) is 7.38. The largest absolute Gasteiger partial charge is 0.314 e. The molecule has 1 aliphatic heterocycles. The van der Waals surface area contributed by atoms with Crippen molar-refractivity contribution in [2.24, 2.45) is 0 Å². The molecule has 2 heteroatoms. The molecule has 90 valence electrons. The predicted octanol–water partition coefficient (Wildman–Crippen LogP) is 2.64. The van der Waals surface area contributed by atoms with Crippen LogP contribution in [0.4, 0.5) is 0 Å². The molecule has 1 fully saturated rings. The number of unbranched alkanes of at least 4 members (excludes halogenated alkanes) is 3. The van der Waals surface area contributed by atoms with E-state index in [1.807, 2.05) is 0 Å². The van der Waals surface area contributed by atoms with Gasteiger partial charge in [-0.2, -0.15) is 0 Å². The monoisotopic (exact) mass is 212 g/mol. The van der Waals surface area contributed by atoms with E-state index in [0.29, 0.717) is 0 Å². The molecule has 1 heterocycles. The summed E-state index contributed by atoms with van der Waals surface area (Å²) in [6.07, 6.45) is 8.25. The van der Waals surface area contributed by atoms with Gasteiger partial charge in [-0.25, -0.2) is 0 Å². The lowest BCUT2D eigenvalue weighted by Gasteiger charge is -2.36. The van der Waals surface area contributed by atoms with Crippen LogP contribution in [-0.2, 0) is 0 Å².